The minimum atomic E-state index is -0.105. The third kappa shape index (κ3) is 3.66. The fourth-order valence-corrected chi connectivity index (χ4v) is 2.98. The lowest BCUT2D eigenvalue weighted by atomic mass is 9.95. The molecule has 0 bridgehead atoms. The zero-order valence-electron chi connectivity index (χ0n) is 13.0. The molecule has 0 radical (unpaired) electrons. The van der Waals surface area contributed by atoms with Gasteiger partial charge in [-0.1, -0.05) is 31.2 Å². The SMILES string of the molecule is CCNC(c1ccc(SC)cc1)c1cc(C)c(F)c(C)c1. The number of aryl methyl sites for hydroxylation is 2. The molecule has 0 fully saturated rings. The Morgan fingerprint density at radius 1 is 1.05 bits per heavy atom. The van der Waals surface area contributed by atoms with Crippen molar-refractivity contribution < 1.29 is 4.39 Å². The van der Waals surface area contributed by atoms with Crippen molar-refractivity contribution in [2.75, 3.05) is 12.8 Å². The molecule has 3 heteroatoms. The Labute approximate surface area is 131 Å². The normalized spacial score (nSPS) is 12.4. The van der Waals surface area contributed by atoms with Crippen LogP contribution in [-0.4, -0.2) is 12.8 Å². The summed E-state index contributed by atoms with van der Waals surface area (Å²) in [6.45, 7) is 6.61. The van der Waals surface area contributed by atoms with Crippen LogP contribution in [0.3, 0.4) is 0 Å². The Kier molecular flexibility index (Phi) is 5.43. The molecular formula is C18H22FNS. The minimum absolute atomic E-state index is 0.101. The summed E-state index contributed by atoms with van der Waals surface area (Å²) in [7, 11) is 0. The van der Waals surface area contributed by atoms with Gasteiger partial charge in [-0.05, 0) is 61.0 Å². The molecule has 0 spiro atoms. The molecule has 1 N–H and O–H groups in total. The van der Waals surface area contributed by atoms with Crippen molar-refractivity contribution in [1.82, 2.24) is 5.32 Å². The van der Waals surface area contributed by atoms with Crippen LogP contribution in [0.4, 0.5) is 4.39 Å². The number of thioether (sulfide) groups is 1. The van der Waals surface area contributed by atoms with Gasteiger partial charge in [-0.15, -0.1) is 11.8 Å². The van der Waals surface area contributed by atoms with Crippen LogP contribution in [0, 0.1) is 19.7 Å². The lowest BCUT2D eigenvalue weighted by molar-refractivity contribution is 0.598. The Hall–Kier alpha value is -1.32. The van der Waals surface area contributed by atoms with E-state index in [1.54, 1.807) is 11.8 Å². The first-order valence-corrected chi connectivity index (χ1v) is 8.43. The van der Waals surface area contributed by atoms with Gasteiger partial charge in [0.15, 0.2) is 0 Å². The zero-order chi connectivity index (χ0) is 15.4. The molecule has 0 saturated heterocycles. The predicted molar refractivity (Wildman–Crippen MR) is 89.6 cm³/mol. The molecule has 0 aliphatic rings. The largest absolute Gasteiger partial charge is 0.307 e. The van der Waals surface area contributed by atoms with E-state index in [-0.39, 0.29) is 11.9 Å². The second-order valence-electron chi connectivity index (χ2n) is 5.23. The van der Waals surface area contributed by atoms with Gasteiger partial charge in [0.05, 0.1) is 6.04 Å². The molecule has 1 unspecified atom stereocenters. The molecule has 0 aliphatic carbocycles. The van der Waals surface area contributed by atoms with E-state index in [1.807, 2.05) is 26.0 Å². The number of nitrogens with one attached hydrogen (secondary N) is 1. The summed E-state index contributed by atoms with van der Waals surface area (Å²) in [5.74, 6) is -0.105. The summed E-state index contributed by atoms with van der Waals surface area (Å²) in [6.07, 6.45) is 2.07. The molecule has 2 aromatic carbocycles. The summed E-state index contributed by atoms with van der Waals surface area (Å²) in [6, 6.07) is 12.5. The van der Waals surface area contributed by atoms with Crippen molar-refractivity contribution in [3.05, 3.63) is 64.5 Å². The topological polar surface area (TPSA) is 12.0 Å². The molecule has 21 heavy (non-hydrogen) atoms. The highest BCUT2D eigenvalue weighted by molar-refractivity contribution is 7.98. The second kappa shape index (κ2) is 7.10. The number of benzene rings is 2. The van der Waals surface area contributed by atoms with E-state index >= 15 is 0 Å². The molecule has 2 rings (SSSR count). The molecule has 0 aromatic heterocycles. The molecule has 1 atom stereocenters. The molecular weight excluding hydrogens is 281 g/mol. The molecule has 112 valence electrons. The summed E-state index contributed by atoms with van der Waals surface area (Å²) < 4.78 is 13.8. The summed E-state index contributed by atoms with van der Waals surface area (Å²) in [5.41, 5.74) is 3.73. The van der Waals surface area contributed by atoms with Crippen LogP contribution < -0.4 is 5.32 Å². The van der Waals surface area contributed by atoms with Crippen LogP contribution in [0.5, 0.6) is 0 Å². The van der Waals surface area contributed by atoms with E-state index < -0.39 is 0 Å². The first kappa shape index (κ1) is 16.1. The Bertz CT molecular complexity index is 584. The Morgan fingerprint density at radius 2 is 1.62 bits per heavy atom. The lowest BCUT2D eigenvalue weighted by Gasteiger charge is -2.20. The van der Waals surface area contributed by atoms with E-state index in [0.717, 1.165) is 12.1 Å². The van der Waals surface area contributed by atoms with Crippen LogP contribution in [-0.2, 0) is 0 Å². The maximum atomic E-state index is 13.8. The number of rotatable bonds is 5. The molecule has 0 saturated carbocycles. The summed E-state index contributed by atoms with van der Waals surface area (Å²) in [4.78, 5) is 1.25. The molecule has 2 aromatic rings. The van der Waals surface area contributed by atoms with Crippen LogP contribution in [0.25, 0.3) is 0 Å². The van der Waals surface area contributed by atoms with Crippen LogP contribution in [0.1, 0.15) is 35.2 Å². The predicted octanol–water partition coefficient (Wildman–Crippen LogP) is 4.86. The maximum absolute atomic E-state index is 13.8. The first-order valence-electron chi connectivity index (χ1n) is 7.20. The standard InChI is InChI=1S/C18H22FNS/c1-5-20-18(14-6-8-16(21-4)9-7-14)15-10-12(2)17(19)13(3)11-15/h6-11,18,20H,5H2,1-4H3. The van der Waals surface area contributed by atoms with Crippen LogP contribution in [0.15, 0.2) is 41.3 Å². The summed E-state index contributed by atoms with van der Waals surface area (Å²) >= 11 is 1.74. The lowest BCUT2D eigenvalue weighted by Crippen LogP contribution is -2.22. The monoisotopic (exact) mass is 303 g/mol. The smallest absolute Gasteiger partial charge is 0.129 e. The van der Waals surface area contributed by atoms with Gasteiger partial charge in [0.2, 0.25) is 0 Å². The van der Waals surface area contributed by atoms with Gasteiger partial charge in [-0.3, -0.25) is 0 Å². The van der Waals surface area contributed by atoms with Gasteiger partial charge in [-0.2, -0.15) is 0 Å². The van der Waals surface area contributed by atoms with Crippen molar-refractivity contribution >= 4 is 11.8 Å². The van der Waals surface area contributed by atoms with Gasteiger partial charge in [0.1, 0.15) is 5.82 Å². The number of hydrogen-bond donors (Lipinski definition) is 1. The summed E-state index contributed by atoms with van der Waals surface area (Å²) in [5, 5.41) is 3.50. The highest BCUT2D eigenvalue weighted by Crippen LogP contribution is 2.27. The highest BCUT2D eigenvalue weighted by Gasteiger charge is 2.15. The fourth-order valence-electron chi connectivity index (χ4n) is 2.57. The number of hydrogen-bond acceptors (Lipinski definition) is 2. The van der Waals surface area contributed by atoms with E-state index in [9.17, 15) is 4.39 Å². The van der Waals surface area contributed by atoms with Crippen LogP contribution >= 0.6 is 11.8 Å². The second-order valence-corrected chi connectivity index (χ2v) is 6.11. The van der Waals surface area contributed by atoms with E-state index in [4.69, 9.17) is 0 Å². The minimum Gasteiger partial charge on any atom is -0.307 e. The van der Waals surface area contributed by atoms with Gasteiger partial charge in [0.25, 0.3) is 0 Å². The molecule has 0 amide bonds. The van der Waals surface area contributed by atoms with Gasteiger partial charge < -0.3 is 5.32 Å². The maximum Gasteiger partial charge on any atom is 0.129 e. The zero-order valence-corrected chi connectivity index (χ0v) is 13.9. The Morgan fingerprint density at radius 3 is 2.10 bits per heavy atom. The van der Waals surface area contributed by atoms with Crippen molar-refractivity contribution in [3.63, 3.8) is 0 Å². The van der Waals surface area contributed by atoms with E-state index in [0.29, 0.717) is 11.1 Å². The fraction of sp³-hybridized carbons (Fsp3) is 0.333. The third-order valence-corrected chi connectivity index (χ3v) is 4.39. The first-order chi connectivity index (χ1) is 10.1. The van der Waals surface area contributed by atoms with Gasteiger partial charge >= 0.3 is 0 Å². The molecule has 1 nitrogen and oxygen atoms in total. The highest BCUT2D eigenvalue weighted by atomic mass is 32.2. The van der Waals surface area contributed by atoms with Crippen LogP contribution in [0.2, 0.25) is 0 Å². The van der Waals surface area contributed by atoms with E-state index in [1.165, 1.54) is 10.5 Å². The van der Waals surface area contributed by atoms with Crippen molar-refractivity contribution in [2.24, 2.45) is 0 Å². The third-order valence-electron chi connectivity index (χ3n) is 3.65. The average Bonchev–Trinajstić information content (AvgIpc) is 2.50. The van der Waals surface area contributed by atoms with E-state index in [2.05, 4.69) is 42.8 Å². The van der Waals surface area contributed by atoms with Crippen molar-refractivity contribution in [3.8, 4) is 0 Å². The number of halogens is 1. The van der Waals surface area contributed by atoms with Gasteiger partial charge in [-0.25, -0.2) is 4.39 Å². The Balaban J connectivity index is 2.42. The molecule has 0 heterocycles. The average molecular weight is 303 g/mol. The quantitative estimate of drug-likeness (QED) is 0.791. The van der Waals surface area contributed by atoms with Crippen molar-refractivity contribution in [2.45, 2.75) is 31.7 Å². The van der Waals surface area contributed by atoms with Gasteiger partial charge in [0, 0.05) is 4.90 Å². The van der Waals surface area contributed by atoms with Crippen molar-refractivity contribution in [1.29, 1.82) is 0 Å². The molecule has 0 aliphatic heterocycles.